The number of carbonyl (C=O) groups excluding carboxylic acids is 1. The third kappa shape index (κ3) is 4.06. The van der Waals surface area contributed by atoms with Gasteiger partial charge in [0.25, 0.3) is 5.91 Å². The van der Waals surface area contributed by atoms with Crippen LogP contribution < -0.4 is 10.1 Å². The lowest BCUT2D eigenvalue weighted by Crippen LogP contribution is -2.41. The standard InChI is InChI=1S/C15H23NO2/c1-6-18-13-9-7-12(8-10-13)14(17)16-11(2)15(3,4)5/h7-11H,6H2,1-5H3,(H,16,17)/t11-/m0/s1. The lowest BCUT2D eigenvalue weighted by Gasteiger charge is -2.28. The number of ether oxygens (including phenoxy) is 1. The third-order valence-corrected chi connectivity index (χ3v) is 3.07. The number of hydrogen-bond donors (Lipinski definition) is 1. The Kier molecular flexibility index (Phi) is 4.76. The van der Waals surface area contributed by atoms with E-state index in [1.165, 1.54) is 0 Å². The first-order chi connectivity index (χ1) is 8.34. The van der Waals surface area contributed by atoms with Crippen LogP contribution in [0.5, 0.6) is 5.75 Å². The Hall–Kier alpha value is -1.51. The number of nitrogens with one attached hydrogen (secondary N) is 1. The average molecular weight is 249 g/mol. The van der Waals surface area contributed by atoms with Gasteiger partial charge in [-0.05, 0) is 43.5 Å². The number of hydrogen-bond acceptors (Lipinski definition) is 2. The lowest BCUT2D eigenvalue weighted by atomic mass is 9.88. The van der Waals surface area contributed by atoms with Crippen LogP contribution in [0, 0.1) is 5.41 Å². The van der Waals surface area contributed by atoms with E-state index in [-0.39, 0.29) is 17.4 Å². The maximum atomic E-state index is 12.0. The maximum absolute atomic E-state index is 12.0. The zero-order valence-electron chi connectivity index (χ0n) is 11.9. The normalized spacial score (nSPS) is 12.9. The van der Waals surface area contributed by atoms with Crippen molar-refractivity contribution in [2.75, 3.05) is 6.61 Å². The SMILES string of the molecule is CCOc1ccc(C(=O)N[C@@H](C)C(C)(C)C)cc1. The molecular weight excluding hydrogens is 226 g/mol. The Bertz CT molecular complexity index is 390. The van der Waals surface area contributed by atoms with E-state index in [1.807, 2.05) is 26.0 Å². The Labute approximate surface area is 110 Å². The van der Waals surface area contributed by atoms with E-state index in [4.69, 9.17) is 4.74 Å². The van der Waals surface area contributed by atoms with Gasteiger partial charge < -0.3 is 10.1 Å². The second-order valence-electron chi connectivity index (χ2n) is 5.52. The fourth-order valence-electron chi connectivity index (χ4n) is 1.37. The lowest BCUT2D eigenvalue weighted by molar-refractivity contribution is 0.0910. The van der Waals surface area contributed by atoms with Crippen LogP contribution in [0.2, 0.25) is 0 Å². The Morgan fingerprint density at radius 2 is 1.83 bits per heavy atom. The zero-order valence-corrected chi connectivity index (χ0v) is 11.9. The van der Waals surface area contributed by atoms with Crippen molar-refractivity contribution in [2.45, 2.75) is 40.7 Å². The summed E-state index contributed by atoms with van der Waals surface area (Å²) in [5.74, 6) is 0.749. The van der Waals surface area contributed by atoms with Crippen LogP contribution in [-0.2, 0) is 0 Å². The second-order valence-corrected chi connectivity index (χ2v) is 5.52. The summed E-state index contributed by atoms with van der Waals surface area (Å²) >= 11 is 0. The molecule has 0 aliphatic carbocycles. The molecule has 0 fully saturated rings. The largest absolute Gasteiger partial charge is 0.494 e. The molecule has 0 saturated heterocycles. The van der Waals surface area contributed by atoms with Crippen molar-refractivity contribution in [3.05, 3.63) is 29.8 Å². The first-order valence-corrected chi connectivity index (χ1v) is 6.38. The van der Waals surface area contributed by atoms with Crippen molar-refractivity contribution < 1.29 is 9.53 Å². The molecule has 100 valence electrons. The molecule has 0 bridgehead atoms. The predicted octanol–water partition coefficient (Wildman–Crippen LogP) is 3.25. The first kappa shape index (κ1) is 14.6. The van der Waals surface area contributed by atoms with Crippen LogP contribution in [-0.4, -0.2) is 18.6 Å². The highest BCUT2D eigenvalue weighted by Gasteiger charge is 2.22. The quantitative estimate of drug-likeness (QED) is 0.889. The van der Waals surface area contributed by atoms with Gasteiger partial charge in [0.05, 0.1) is 6.61 Å². The summed E-state index contributed by atoms with van der Waals surface area (Å²) < 4.78 is 5.34. The molecule has 3 nitrogen and oxygen atoms in total. The molecule has 1 aromatic carbocycles. The average Bonchev–Trinajstić information content (AvgIpc) is 2.29. The summed E-state index contributed by atoms with van der Waals surface area (Å²) in [7, 11) is 0. The van der Waals surface area contributed by atoms with E-state index < -0.39 is 0 Å². The van der Waals surface area contributed by atoms with Crippen LogP contribution in [0.15, 0.2) is 24.3 Å². The van der Waals surface area contributed by atoms with Gasteiger partial charge in [-0.2, -0.15) is 0 Å². The molecule has 0 aliphatic heterocycles. The van der Waals surface area contributed by atoms with E-state index in [0.29, 0.717) is 12.2 Å². The third-order valence-electron chi connectivity index (χ3n) is 3.07. The van der Waals surface area contributed by atoms with Crippen molar-refractivity contribution in [1.82, 2.24) is 5.32 Å². The minimum atomic E-state index is -0.0412. The highest BCUT2D eigenvalue weighted by Crippen LogP contribution is 2.19. The van der Waals surface area contributed by atoms with Crippen molar-refractivity contribution in [3.63, 3.8) is 0 Å². The number of rotatable bonds is 4. The molecule has 1 atom stereocenters. The molecule has 0 aromatic heterocycles. The van der Waals surface area contributed by atoms with E-state index in [2.05, 4.69) is 26.1 Å². The van der Waals surface area contributed by atoms with Crippen LogP contribution in [0.1, 0.15) is 45.0 Å². The van der Waals surface area contributed by atoms with Gasteiger partial charge in [0, 0.05) is 11.6 Å². The minimum absolute atomic E-state index is 0.0412. The van der Waals surface area contributed by atoms with E-state index in [1.54, 1.807) is 12.1 Å². The topological polar surface area (TPSA) is 38.3 Å². The Balaban J connectivity index is 2.67. The molecule has 1 amide bonds. The molecule has 1 rings (SSSR count). The summed E-state index contributed by atoms with van der Waals surface area (Å²) in [5, 5.41) is 3.01. The van der Waals surface area contributed by atoms with Crippen molar-refractivity contribution in [3.8, 4) is 5.75 Å². The molecule has 0 radical (unpaired) electrons. The first-order valence-electron chi connectivity index (χ1n) is 6.38. The number of amides is 1. The Morgan fingerprint density at radius 1 is 1.28 bits per heavy atom. The number of benzene rings is 1. The summed E-state index contributed by atoms with van der Waals surface area (Å²) in [6.45, 7) is 10.9. The summed E-state index contributed by atoms with van der Waals surface area (Å²) in [5.41, 5.74) is 0.718. The highest BCUT2D eigenvalue weighted by molar-refractivity contribution is 5.94. The Morgan fingerprint density at radius 3 is 2.28 bits per heavy atom. The van der Waals surface area contributed by atoms with E-state index >= 15 is 0 Å². The summed E-state index contributed by atoms with van der Waals surface area (Å²) in [6, 6.07) is 7.34. The molecule has 1 aromatic rings. The second kappa shape index (κ2) is 5.89. The molecule has 1 N–H and O–H groups in total. The van der Waals surface area contributed by atoms with E-state index in [0.717, 1.165) is 5.75 Å². The number of carbonyl (C=O) groups is 1. The van der Waals surface area contributed by atoms with Crippen LogP contribution in [0.25, 0.3) is 0 Å². The van der Waals surface area contributed by atoms with Gasteiger partial charge in [0.15, 0.2) is 0 Å². The van der Waals surface area contributed by atoms with Crippen molar-refractivity contribution >= 4 is 5.91 Å². The van der Waals surface area contributed by atoms with Gasteiger partial charge in [-0.25, -0.2) is 0 Å². The molecular formula is C15H23NO2. The van der Waals surface area contributed by atoms with Gasteiger partial charge in [-0.3, -0.25) is 4.79 Å². The smallest absolute Gasteiger partial charge is 0.251 e. The van der Waals surface area contributed by atoms with Gasteiger partial charge in [0.2, 0.25) is 0 Å². The van der Waals surface area contributed by atoms with Gasteiger partial charge in [0.1, 0.15) is 5.75 Å². The van der Waals surface area contributed by atoms with Crippen molar-refractivity contribution in [1.29, 1.82) is 0 Å². The highest BCUT2D eigenvalue weighted by atomic mass is 16.5. The molecule has 0 saturated carbocycles. The molecule has 0 spiro atoms. The molecule has 3 heteroatoms. The van der Waals surface area contributed by atoms with Crippen LogP contribution in [0.3, 0.4) is 0 Å². The monoisotopic (exact) mass is 249 g/mol. The summed E-state index contributed by atoms with van der Waals surface area (Å²) in [4.78, 5) is 12.0. The van der Waals surface area contributed by atoms with Crippen molar-refractivity contribution in [2.24, 2.45) is 5.41 Å². The van der Waals surface area contributed by atoms with Crippen LogP contribution in [0.4, 0.5) is 0 Å². The van der Waals surface area contributed by atoms with Crippen LogP contribution >= 0.6 is 0 Å². The minimum Gasteiger partial charge on any atom is -0.494 e. The molecule has 18 heavy (non-hydrogen) atoms. The maximum Gasteiger partial charge on any atom is 0.251 e. The molecule has 0 heterocycles. The zero-order chi connectivity index (χ0) is 13.8. The van der Waals surface area contributed by atoms with Gasteiger partial charge in [-0.1, -0.05) is 20.8 Å². The predicted molar refractivity (Wildman–Crippen MR) is 74.0 cm³/mol. The van der Waals surface area contributed by atoms with Gasteiger partial charge in [-0.15, -0.1) is 0 Å². The molecule has 0 aliphatic rings. The molecule has 0 unspecified atom stereocenters. The van der Waals surface area contributed by atoms with Gasteiger partial charge >= 0.3 is 0 Å². The summed E-state index contributed by atoms with van der Waals surface area (Å²) in [6.07, 6.45) is 0. The fourth-order valence-corrected chi connectivity index (χ4v) is 1.37. The van der Waals surface area contributed by atoms with E-state index in [9.17, 15) is 4.79 Å². The fraction of sp³-hybridized carbons (Fsp3) is 0.533.